The molecule has 10 nitrogen and oxygen atoms in total. The fourth-order valence-electron chi connectivity index (χ4n) is 4.87. The molecule has 4 heterocycles. The fraction of sp³-hybridized carbons (Fsp3) is 0.379. The number of pyridine rings is 1. The highest BCUT2D eigenvalue weighted by Gasteiger charge is 2.34. The maximum absolute atomic E-state index is 13.1. The van der Waals surface area contributed by atoms with E-state index in [1.54, 1.807) is 15.8 Å². The summed E-state index contributed by atoms with van der Waals surface area (Å²) in [5, 5.41) is 5.29. The Bertz CT molecular complexity index is 1570. The summed E-state index contributed by atoms with van der Waals surface area (Å²) in [7, 11) is 0. The quantitative estimate of drug-likeness (QED) is 0.266. The number of fused-ring (bicyclic) bond motifs is 1. The van der Waals surface area contributed by atoms with Gasteiger partial charge in [-0.1, -0.05) is 23.7 Å². The third-order valence-corrected chi connectivity index (χ3v) is 7.12. The highest BCUT2D eigenvalue weighted by atomic mass is 35.5. The summed E-state index contributed by atoms with van der Waals surface area (Å²) in [6, 6.07) is 9.43. The van der Waals surface area contributed by atoms with Gasteiger partial charge in [0.15, 0.2) is 5.82 Å². The van der Waals surface area contributed by atoms with Crippen LogP contribution in [0.1, 0.15) is 57.2 Å². The zero-order valence-corrected chi connectivity index (χ0v) is 23.4. The van der Waals surface area contributed by atoms with Gasteiger partial charge in [-0.2, -0.15) is 4.98 Å². The molecule has 11 heteroatoms. The fourth-order valence-corrected chi connectivity index (χ4v) is 5.17. The zero-order chi connectivity index (χ0) is 27.8. The van der Waals surface area contributed by atoms with Crippen LogP contribution in [0.4, 0.5) is 5.95 Å². The number of hydrogen-bond acceptors (Lipinski definition) is 8. The SMILES string of the molecule is CCOc1ncnc(C2CC2)c1-c1nc2n(n1)CCC(=O)N2Cc1ccc(-c2ncccc2OC(C)C)c(Cl)c1. The highest BCUT2D eigenvalue weighted by Crippen LogP contribution is 2.45. The van der Waals surface area contributed by atoms with Crippen molar-refractivity contribution in [1.29, 1.82) is 0 Å². The molecule has 1 aliphatic carbocycles. The summed E-state index contributed by atoms with van der Waals surface area (Å²) in [5.41, 5.74) is 3.91. The third-order valence-electron chi connectivity index (χ3n) is 6.81. The largest absolute Gasteiger partial charge is 0.489 e. The Hall–Kier alpha value is -4.05. The van der Waals surface area contributed by atoms with E-state index >= 15 is 0 Å². The maximum Gasteiger partial charge on any atom is 0.231 e. The Balaban J connectivity index is 1.32. The van der Waals surface area contributed by atoms with Gasteiger partial charge in [-0.3, -0.25) is 14.7 Å². The van der Waals surface area contributed by atoms with E-state index in [9.17, 15) is 4.79 Å². The molecule has 1 saturated carbocycles. The van der Waals surface area contributed by atoms with Gasteiger partial charge < -0.3 is 9.47 Å². The Morgan fingerprint density at radius 2 is 2.00 bits per heavy atom. The lowest BCUT2D eigenvalue weighted by atomic mass is 10.1. The molecular formula is C29H30ClN7O3. The van der Waals surface area contributed by atoms with Crippen LogP contribution in [0.25, 0.3) is 22.6 Å². The first-order valence-corrected chi connectivity index (χ1v) is 13.9. The van der Waals surface area contributed by atoms with Crippen LogP contribution in [0.5, 0.6) is 11.6 Å². The number of ether oxygens (including phenoxy) is 2. The smallest absolute Gasteiger partial charge is 0.231 e. The molecular weight excluding hydrogens is 530 g/mol. The van der Waals surface area contributed by atoms with Crippen LogP contribution in [-0.4, -0.2) is 48.3 Å². The van der Waals surface area contributed by atoms with Crippen molar-refractivity contribution >= 4 is 23.5 Å². The third kappa shape index (κ3) is 5.11. The summed E-state index contributed by atoms with van der Waals surface area (Å²) < 4.78 is 13.5. The van der Waals surface area contributed by atoms with E-state index in [1.165, 1.54) is 6.33 Å². The lowest BCUT2D eigenvalue weighted by Gasteiger charge is -2.26. The van der Waals surface area contributed by atoms with E-state index in [0.717, 1.165) is 29.7 Å². The second-order valence-electron chi connectivity index (χ2n) is 10.2. The van der Waals surface area contributed by atoms with Crippen molar-refractivity contribution in [1.82, 2.24) is 29.7 Å². The van der Waals surface area contributed by atoms with Gasteiger partial charge >= 0.3 is 0 Å². The second kappa shape index (κ2) is 10.8. The normalized spacial score (nSPS) is 14.9. The Kier molecular flexibility index (Phi) is 7.10. The lowest BCUT2D eigenvalue weighted by molar-refractivity contribution is -0.119. The van der Waals surface area contributed by atoms with Gasteiger partial charge in [-0.05, 0) is 57.4 Å². The molecule has 3 aromatic heterocycles. The summed E-state index contributed by atoms with van der Waals surface area (Å²) >= 11 is 6.75. The molecule has 1 amide bonds. The van der Waals surface area contributed by atoms with E-state index in [1.807, 2.05) is 51.1 Å². The standard InChI is InChI=1S/C29H30ClN7O3/c1-4-39-28-24(25(19-8-9-19)32-16-33-28)27-34-29-36(23(38)11-13-37(29)35-27)15-18-7-10-20(21(30)14-18)26-22(40-17(2)3)6-5-12-31-26/h5-7,10,12,14,16-17,19H,4,8-9,11,13,15H2,1-3H3. The first kappa shape index (κ1) is 26.2. The number of benzene rings is 1. The van der Waals surface area contributed by atoms with Crippen LogP contribution in [0.3, 0.4) is 0 Å². The molecule has 1 aliphatic heterocycles. The van der Waals surface area contributed by atoms with Crippen molar-refractivity contribution in [2.75, 3.05) is 11.5 Å². The van der Waals surface area contributed by atoms with Crippen LogP contribution < -0.4 is 14.4 Å². The van der Waals surface area contributed by atoms with Gasteiger partial charge in [-0.25, -0.2) is 14.6 Å². The minimum Gasteiger partial charge on any atom is -0.489 e. The molecule has 0 radical (unpaired) electrons. The van der Waals surface area contributed by atoms with Gasteiger partial charge in [0, 0.05) is 24.1 Å². The predicted molar refractivity (Wildman–Crippen MR) is 150 cm³/mol. The number of carbonyl (C=O) groups excluding carboxylic acids is 1. The molecule has 0 unspecified atom stereocenters. The van der Waals surface area contributed by atoms with Crippen molar-refractivity contribution in [2.45, 2.75) is 65.1 Å². The Labute approximate surface area is 237 Å². The summed E-state index contributed by atoms with van der Waals surface area (Å²) in [4.78, 5) is 33.0. The Morgan fingerprint density at radius 1 is 1.15 bits per heavy atom. The monoisotopic (exact) mass is 559 g/mol. The minimum absolute atomic E-state index is 0.000715. The minimum atomic E-state index is -0.0271. The van der Waals surface area contributed by atoms with Crippen LogP contribution in [0.2, 0.25) is 5.02 Å². The molecule has 2 aliphatic rings. The van der Waals surface area contributed by atoms with Crippen molar-refractivity contribution in [2.24, 2.45) is 0 Å². The molecule has 0 spiro atoms. The van der Waals surface area contributed by atoms with Crippen molar-refractivity contribution < 1.29 is 14.3 Å². The summed E-state index contributed by atoms with van der Waals surface area (Å²) in [5.74, 6) is 2.42. The van der Waals surface area contributed by atoms with Crippen LogP contribution in [-0.2, 0) is 17.9 Å². The predicted octanol–water partition coefficient (Wildman–Crippen LogP) is 5.45. The van der Waals surface area contributed by atoms with Gasteiger partial charge in [-0.15, -0.1) is 5.10 Å². The van der Waals surface area contributed by atoms with E-state index in [-0.39, 0.29) is 12.0 Å². The molecule has 0 bridgehead atoms. The van der Waals surface area contributed by atoms with E-state index in [4.69, 9.17) is 31.2 Å². The molecule has 0 atom stereocenters. The van der Waals surface area contributed by atoms with Crippen molar-refractivity contribution in [3.63, 3.8) is 0 Å². The highest BCUT2D eigenvalue weighted by molar-refractivity contribution is 6.33. The van der Waals surface area contributed by atoms with E-state index < -0.39 is 0 Å². The Morgan fingerprint density at radius 3 is 2.75 bits per heavy atom. The lowest BCUT2D eigenvalue weighted by Crippen LogP contribution is -2.37. The van der Waals surface area contributed by atoms with Gasteiger partial charge in [0.05, 0.1) is 36.5 Å². The molecule has 40 heavy (non-hydrogen) atoms. The number of carbonyl (C=O) groups is 1. The summed E-state index contributed by atoms with van der Waals surface area (Å²) in [6.45, 7) is 7.07. The van der Waals surface area contributed by atoms with Crippen molar-refractivity contribution in [3.8, 4) is 34.3 Å². The molecule has 1 aromatic carbocycles. The zero-order valence-electron chi connectivity index (χ0n) is 22.7. The number of hydrogen-bond donors (Lipinski definition) is 0. The number of aryl methyl sites for hydroxylation is 1. The van der Waals surface area contributed by atoms with Gasteiger partial charge in [0.25, 0.3) is 0 Å². The first-order valence-electron chi connectivity index (χ1n) is 13.6. The maximum atomic E-state index is 13.1. The molecule has 206 valence electrons. The number of anilines is 1. The van der Waals surface area contributed by atoms with Crippen LogP contribution in [0.15, 0.2) is 42.9 Å². The average Bonchev–Trinajstić information content (AvgIpc) is 3.69. The van der Waals surface area contributed by atoms with Crippen LogP contribution >= 0.6 is 11.6 Å². The number of halogens is 1. The number of amides is 1. The average molecular weight is 560 g/mol. The van der Waals surface area contributed by atoms with Gasteiger partial charge in [0.1, 0.15) is 23.3 Å². The molecule has 0 N–H and O–H groups in total. The topological polar surface area (TPSA) is 108 Å². The number of rotatable bonds is 9. The second-order valence-corrected chi connectivity index (χ2v) is 10.6. The molecule has 4 aromatic rings. The summed E-state index contributed by atoms with van der Waals surface area (Å²) in [6.07, 6.45) is 5.70. The van der Waals surface area contributed by atoms with Gasteiger partial charge in [0.2, 0.25) is 17.7 Å². The van der Waals surface area contributed by atoms with E-state index in [0.29, 0.717) is 71.7 Å². The number of aromatic nitrogens is 6. The molecule has 1 fully saturated rings. The molecule has 0 saturated heterocycles. The number of nitrogens with zero attached hydrogens (tertiary/aromatic N) is 7. The molecule has 6 rings (SSSR count). The van der Waals surface area contributed by atoms with Crippen molar-refractivity contribution in [3.05, 3.63) is 59.1 Å². The van der Waals surface area contributed by atoms with Crippen LogP contribution in [0, 0.1) is 0 Å². The first-order chi connectivity index (χ1) is 19.4. The van der Waals surface area contributed by atoms with E-state index in [2.05, 4.69) is 15.0 Å².